The molecule has 0 heterocycles. The van der Waals surface area contributed by atoms with Gasteiger partial charge < -0.3 is 10.2 Å². The SMILES string of the molecule is CC(=O)O.[CH2-]C(=O)O.[K+]. The topological polar surface area (TPSA) is 74.6 Å². The van der Waals surface area contributed by atoms with Gasteiger partial charge in [-0.2, -0.15) is 0 Å². The third-order valence-electron chi connectivity index (χ3n) is 0. The summed E-state index contributed by atoms with van der Waals surface area (Å²) in [5.41, 5.74) is 0. The number of hydrogen-bond acceptors (Lipinski definition) is 2. The van der Waals surface area contributed by atoms with E-state index in [9.17, 15) is 0 Å². The Balaban J connectivity index is -0.0000000720. The number of rotatable bonds is 0. The molecule has 0 aliphatic heterocycles. The second kappa shape index (κ2) is 11.3. The van der Waals surface area contributed by atoms with Crippen LogP contribution in [0.15, 0.2) is 0 Å². The Morgan fingerprint density at radius 1 is 1.33 bits per heavy atom. The van der Waals surface area contributed by atoms with Gasteiger partial charge in [-0.3, -0.25) is 16.5 Å². The van der Waals surface area contributed by atoms with Gasteiger partial charge in [0, 0.05) is 6.92 Å². The second-order valence-electron chi connectivity index (χ2n) is 0.913. The Kier molecular flexibility index (Phi) is 20.3. The summed E-state index contributed by atoms with van der Waals surface area (Å²) in [5, 5.41) is 14.7. The Hall–Kier alpha value is 0.446. The van der Waals surface area contributed by atoms with Crippen LogP contribution in [0.25, 0.3) is 0 Å². The van der Waals surface area contributed by atoms with Gasteiger partial charge in [-0.05, 0) is 0 Å². The molecule has 0 atom stereocenters. The monoisotopic (exact) mass is 158 g/mol. The van der Waals surface area contributed by atoms with Gasteiger partial charge in [-0.1, -0.05) is 0 Å². The molecule has 4 nitrogen and oxygen atoms in total. The molecular formula is C4H7KO4. The molecule has 0 aromatic heterocycles. The third kappa shape index (κ3) is 1760. The standard InChI is InChI=1S/C2H4O2.C2H3O2.K/c2*1-2(3)4;/h1H3,(H,3,4);1H2,(H,3,4);/q;-1;+1. The molecule has 0 aliphatic carbocycles. The first-order chi connectivity index (χ1) is 3.46. The molecule has 2 N–H and O–H groups in total. The second-order valence-corrected chi connectivity index (χ2v) is 0.913. The fraction of sp³-hybridized carbons (Fsp3) is 0.250. The van der Waals surface area contributed by atoms with Crippen LogP contribution < -0.4 is 51.4 Å². The van der Waals surface area contributed by atoms with E-state index in [0.29, 0.717) is 0 Å². The van der Waals surface area contributed by atoms with Crippen molar-refractivity contribution in [1.82, 2.24) is 0 Å². The molecule has 48 valence electrons. The summed E-state index contributed by atoms with van der Waals surface area (Å²) in [5.74, 6) is -1.92. The van der Waals surface area contributed by atoms with Crippen molar-refractivity contribution in [3.63, 3.8) is 0 Å². The fourth-order valence-electron chi connectivity index (χ4n) is 0. The maximum absolute atomic E-state index is 9.00. The van der Waals surface area contributed by atoms with Crippen LogP contribution >= 0.6 is 0 Å². The minimum atomic E-state index is -1.08. The zero-order valence-electron chi connectivity index (χ0n) is 5.42. The van der Waals surface area contributed by atoms with Crippen LogP contribution in [0.3, 0.4) is 0 Å². The quantitative estimate of drug-likeness (QED) is 0.291. The van der Waals surface area contributed by atoms with Gasteiger partial charge in [0.15, 0.2) is 5.97 Å². The van der Waals surface area contributed by atoms with Crippen LogP contribution in [0.4, 0.5) is 0 Å². The first-order valence-corrected chi connectivity index (χ1v) is 1.71. The van der Waals surface area contributed by atoms with E-state index in [1.807, 2.05) is 0 Å². The Morgan fingerprint density at radius 3 is 1.33 bits per heavy atom. The summed E-state index contributed by atoms with van der Waals surface area (Å²) < 4.78 is 0. The number of carboxylic acid groups (broad SMARTS) is 2. The van der Waals surface area contributed by atoms with Crippen molar-refractivity contribution in [2.24, 2.45) is 0 Å². The van der Waals surface area contributed by atoms with E-state index >= 15 is 0 Å². The molecule has 0 unspecified atom stereocenters. The van der Waals surface area contributed by atoms with E-state index in [0.717, 1.165) is 6.92 Å². The summed E-state index contributed by atoms with van der Waals surface area (Å²) in [6, 6.07) is 0. The molecule has 0 spiro atoms. The van der Waals surface area contributed by atoms with Crippen LogP contribution in [-0.4, -0.2) is 22.2 Å². The summed E-state index contributed by atoms with van der Waals surface area (Å²) >= 11 is 0. The van der Waals surface area contributed by atoms with Crippen molar-refractivity contribution in [1.29, 1.82) is 0 Å². The van der Waals surface area contributed by atoms with Crippen LogP contribution in [0.2, 0.25) is 0 Å². The molecule has 0 fully saturated rings. The molecule has 0 aliphatic rings. The molecule has 9 heavy (non-hydrogen) atoms. The van der Waals surface area contributed by atoms with Crippen LogP contribution in [0.5, 0.6) is 0 Å². The maximum atomic E-state index is 9.00. The van der Waals surface area contributed by atoms with Crippen molar-refractivity contribution >= 4 is 11.9 Å². The molecule has 5 heteroatoms. The molecular weight excluding hydrogens is 151 g/mol. The largest absolute Gasteiger partial charge is 1.00 e. The summed E-state index contributed by atoms with van der Waals surface area (Å²) in [6.45, 7) is 3.64. The van der Waals surface area contributed by atoms with Gasteiger partial charge in [-0.25, -0.2) is 0 Å². The summed E-state index contributed by atoms with van der Waals surface area (Å²) in [4.78, 5) is 17.9. The molecule has 0 radical (unpaired) electrons. The van der Waals surface area contributed by atoms with Crippen molar-refractivity contribution < 1.29 is 71.2 Å². The zero-order chi connectivity index (χ0) is 7.15. The zero-order valence-corrected chi connectivity index (χ0v) is 8.54. The molecule has 0 aromatic rings. The molecule has 0 bridgehead atoms. The predicted octanol–water partition coefficient (Wildman–Crippen LogP) is -3.00. The van der Waals surface area contributed by atoms with Gasteiger partial charge in [0.05, 0.1) is 0 Å². The number of carbonyl (C=O) groups is 2. The number of carboxylic acids is 2. The van der Waals surface area contributed by atoms with Crippen molar-refractivity contribution in [3.05, 3.63) is 6.92 Å². The molecule has 0 aromatic carbocycles. The first kappa shape index (κ1) is 16.2. The van der Waals surface area contributed by atoms with Crippen molar-refractivity contribution in [2.75, 3.05) is 0 Å². The van der Waals surface area contributed by atoms with Gasteiger partial charge >= 0.3 is 51.4 Å². The minimum absolute atomic E-state index is 0. The summed E-state index contributed by atoms with van der Waals surface area (Å²) in [7, 11) is 0. The molecule has 0 rings (SSSR count). The van der Waals surface area contributed by atoms with Gasteiger partial charge in [0.2, 0.25) is 0 Å². The molecule has 0 saturated heterocycles. The van der Waals surface area contributed by atoms with E-state index in [2.05, 4.69) is 6.92 Å². The Labute approximate surface area is 95.7 Å². The fourth-order valence-corrected chi connectivity index (χ4v) is 0. The van der Waals surface area contributed by atoms with Crippen molar-refractivity contribution in [2.45, 2.75) is 6.92 Å². The third-order valence-corrected chi connectivity index (χ3v) is 0. The van der Waals surface area contributed by atoms with Crippen LogP contribution in [-0.2, 0) is 9.59 Å². The van der Waals surface area contributed by atoms with E-state index in [-0.39, 0.29) is 51.4 Å². The van der Waals surface area contributed by atoms with Gasteiger partial charge in [0.25, 0.3) is 5.97 Å². The number of hydrogen-bond donors (Lipinski definition) is 2. The van der Waals surface area contributed by atoms with E-state index in [4.69, 9.17) is 19.8 Å². The van der Waals surface area contributed by atoms with E-state index in [1.165, 1.54) is 0 Å². The normalized spacial score (nSPS) is 5.44. The first-order valence-electron chi connectivity index (χ1n) is 1.71. The average Bonchev–Trinajstić information content (AvgIpc) is 1.25. The molecule has 0 amide bonds. The Bertz CT molecular complexity index is 70.6. The van der Waals surface area contributed by atoms with Crippen LogP contribution in [0.1, 0.15) is 6.92 Å². The van der Waals surface area contributed by atoms with E-state index < -0.39 is 11.9 Å². The van der Waals surface area contributed by atoms with Gasteiger partial charge in [0.1, 0.15) is 0 Å². The number of aliphatic carboxylic acids is 2. The average molecular weight is 158 g/mol. The minimum Gasteiger partial charge on any atom is -0.503 e. The summed E-state index contributed by atoms with van der Waals surface area (Å²) in [6.07, 6.45) is 0. The smallest absolute Gasteiger partial charge is 0.503 e. The van der Waals surface area contributed by atoms with Crippen LogP contribution in [0, 0.1) is 6.92 Å². The van der Waals surface area contributed by atoms with Crippen molar-refractivity contribution in [3.8, 4) is 0 Å². The predicted molar refractivity (Wildman–Crippen MR) is 26.3 cm³/mol. The molecule has 0 saturated carbocycles. The van der Waals surface area contributed by atoms with Gasteiger partial charge in [-0.15, -0.1) is 0 Å². The van der Waals surface area contributed by atoms with E-state index in [1.54, 1.807) is 0 Å². The maximum Gasteiger partial charge on any atom is 1.00 e. The Morgan fingerprint density at radius 2 is 1.33 bits per heavy atom.